The zero-order valence-electron chi connectivity index (χ0n) is 18.2. The van der Waals surface area contributed by atoms with Gasteiger partial charge in [-0.1, -0.05) is 29.8 Å². The van der Waals surface area contributed by atoms with Crippen molar-refractivity contribution in [3.63, 3.8) is 0 Å². The molecule has 1 fully saturated rings. The van der Waals surface area contributed by atoms with E-state index in [-0.39, 0.29) is 35.7 Å². The van der Waals surface area contributed by atoms with Crippen molar-refractivity contribution in [1.29, 1.82) is 0 Å². The lowest BCUT2D eigenvalue weighted by Gasteiger charge is -2.24. The molecule has 3 aromatic rings. The maximum Gasteiger partial charge on any atom is 0.256 e. The minimum atomic E-state index is -0.838. The highest BCUT2D eigenvalue weighted by Gasteiger charge is 2.44. The predicted molar refractivity (Wildman–Crippen MR) is 134 cm³/mol. The number of anilines is 2. The summed E-state index contributed by atoms with van der Waals surface area (Å²) in [6, 6.07) is 18.8. The summed E-state index contributed by atoms with van der Waals surface area (Å²) < 4.78 is 18.5. The number of rotatable bonds is 7. The van der Waals surface area contributed by atoms with Crippen molar-refractivity contribution in [3.05, 3.63) is 89.2 Å². The summed E-state index contributed by atoms with van der Waals surface area (Å²) in [4.78, 5) is 29.4. The molecule has 0 spiro atoms. The Balaban J connectivity index is 1.59. The molecule has 0 aliphatic carbocycles. The van der Waals surface area contributed by atoms with E-state index < -0.39 is 6.04 Å². The molecule has 0 bridgehead atoms. The van der Waals surface area contributed by atoms with Gasteiger partial charge in [-0.2, -0.15) is 0 Å². The molecule has 1 aliphatic rings. The van der Waals surface area contributed by atoms with E-state index in [0.717, 1.165) is 5.56 Å². The second-order valence-corrected chi connectivity index (χ2v) is 8.49. The van der Waals surface area contributed by atoms with E-state index in [0.29, 0.717) is 22.1 Å². The Morgan fingerprint density at radius 3 is 2.47 bits per heavy atom. The van der Waals surface area contributed by atoms with Gasteiger partial charge in [0, 0.05) is 17.3 Å². The molecular weight excluding hydrogens is 477 g/mol. The van der Waals surface area contributed by atoms with Gasteiger partial charge in [0.25, 0.3) is 5.91 Å². The van der Waals surface area contributed by atoms with Crippen LogP contribution in [0.2, 0.25) is 5.02 Å². The first-order valence-corrected chi connectivity index (χ1v) is 11.2. The molecule has 1 heterocycles. The monoisotopic (exact) mass is 497 g/mol. The molecular formula is C25H21ClFN3O3S. The van der Waals surface area contributed by atoms with Gasteiger partial charge in [-0.3, -0.25) is 14.5 Å². The lowest BCUT2D eigenvalue weighted by atomic mass is 10.1. The van der Waals surface area contributed by atoms with Crippen LogP contribution in [0.25, 0.3) is 0 Å². The molecule has 0 radical (unpaired) electrons. The number of nitrogens with zero attached hydrogens (tertiary/aromatic N) is 2. The molecule has 1 atom stereocenters. The molecule has 0 saturated carbocycles. The minimum Gasteiger partial charge on any atom is -0.497 e. The standard InChI is InChI=1S/C25H21ClFN3O3S/c1-33-21-11-9-19(10-12-21)28-23(31)14-22-24(32)30(20-4-2-3-17(26)13-20)25(34)29(22)15-16-5-7-18(27)8-6-16/h2-13,22H,14-15H2,1H3,(H,28,31). The van der Waals surface area contributed by atoms with E-state index in [2.05, 4.69) is 5.32 Å². The van der Waals surface area contributed by atoms with Gasteiger partial charge in [0.1, 0.15) is 17.6 Å². The summed E-state index contributed by atoms with van der Waals surface area (Å²) in [5.74, 6) is -0.376. The number of benzene rings is 3. The van der Waals surface area contributed by atoms with Crippen LogP contribution in [0, 0.1) is 5.82 Å². The summed E-state index contributed by atoms with van der Waals surface area (Å²) in [5, 5.41) is 3.51. The van der Waals surface area contributed by atoms with Gasteiger partial charge in [-0.05, 0) is 72.4 Å². The van der Waals surface area contributed by atoms with Crippen LogP contribution in [0.15, 0.2) is 72.8 Å². The average Bonchev–Trinajstić information content (AvgIpc) is 3.04. The van der Waals surface area contributed by atoms with Crippen LogP contribution in [0.3, 0.4) is 0 Å². The molecule has 3 aromatic carbocycles. The summed E-state index contributed by atoms with van der Waals surface area (Å²) in [6.45, 7) is 0.238. The van der Waals surface area contributed by atoms with Crippen LogP contribution in [0.1, 0.15) is 12.0 Å². The molecule has 9 heteroatoms. The number of halogens is 2. The number of carbonyl (C=O) groups excluding carboxylic acids is 2. The third-order valence-corrected chi connectivity index (χ3v) is 6.06. The molecule has 1 N–H and O–H groups in total. The Hall–Kier alpha value is -3.49. The zero-order valence-corrected chi connectivity index (χ0v) is 19.8. The number of hydrogen-bond acceptors (Lipinski definition) is 4. The van der Waals surface area contributed by atoms with Crippen LogP contribution in [0.4, 0.5) is 15.8 Å². The Kier molecular flexibility index (Phi) is 7.09. The van der Waals surface area contributed by atoms with Gasteiger partial charge >= 0.3 is 0 Å². The van der Waals surface area contributed by atoms with Gasteiger partial charge in [-0.15, -0.1) is 0 Å². The SMILES string of the molecule is COc1ccc(NC(=O)CC2C(=O)N(c3cccc(Cl)c3)C(=S)N2Cc2ccc(F)cc2)cc1. The lowest BCUT2D eigenvalue weighted by molar-refractivity contribution is -0.124. The smallest absolute Gasteiger partial charge is 0.256 e. The number of methoxy groups -OCH3 is 1. The first-order chi connectivity index (χ1) is 16.4. The molecule has 4 rings (SSSR count). The van der Waals surface area contributed by atoms with Crippen LogP contribution in [-0.4, -0.2) is 35.0 Å². The van der Waals surface area contributed by atoms with Gasteiger partial charge in [0.2, 0.25) is 5.91 Å². The Morgan fingerprint density at radius 2 is 1.82 bits per heavy atom. The topological polar surface area (TPSA) is 61.9 Å². The third-order valence-electron chi connectivity index (χ3n) is 5.40. The minimum absolute atomic E-state index is 0.122. The van der Waals surface area contributed by atoms with E-state index in [1.54, 1.807) is 72.7 Å². The second kappa shape index (κ2) is 10.2. The largest absolute Gasteiger partial charge is 0.497 e. The Morgan fingerprint density at radius 1 is 1.12 bits per heavy atom. The van der Waals surface area contributed by atoms with E-state index in [9.17, 15) is 14.0 Å². The van der Waals surface area contributed by atoms with Crippen molar-refractivity contribution in [2.45, 2.75) is 19.0 Å². The molecule has 1 unspecified atom stereocenters. The summed E-state index contributed by atoms with van der Waals surface area (Å²) >= 11 is 11.8. The normalized spacial score (nSPS) is 15.6. The highest BCUT2D eigenvalue weighted by molar-refractivity contribution is 7.80. The van der Waals surface area contributed by atoms with E-state index in [1.165, 1.54) is 17.0 Å². The fourth-order valence-corrected chi connectivity index (χ4v) is 4.29. The maximum atomic E-state index is 13.5. The fourth-order valence-electron chi connectivity index (χ4n) is 3.72. The first kappa shape index (κ1) is 23.7. The van der Waals surface area contributed by atoms with Crippen molar-refractivity contribution < 1.29 is 18.7 Å². The zero-order chi connectivity index (χ0) is 24.2. The molecule has 174 valence electrons. The van der Waals surface area contributed by atoms with Crippen molar-refractivity contribution in [1.82, 2.24) is 4.90 Å². The Labute approximate surface area is 206 Å². The summed E-state index contributed by atoms with van der Waals surface area (Å²) in [5.41, 5.74) is 1.85. The lowest BCUT2D eigenvalue weighted by Crippen LogP contribution is -2.37. The van der Waals surface area contributed by atoms with Gasteiger partial charge in [0.15, 0.2) is 5.11 Å². The molecule has 0 aromatic heterocycles. The number of ether oxygens (including phenoxy) is 1. The molecule has 6 nitrogen and oxygen atoms in total. The molecule has 1 aliphatic heterocycles. The molecule has 1 saturated heterocycles. The van der Waals surface area contributed by atoms with Crippen LogP contribution >= 0.6 is 23.8 Å². The maximum absolute atomic E-state index is 13.5. The first-order valence-electron chi connectivity index (χ1n) is 10.4. The number of carbonyl (C=O) groups is 2. The molecule has 34 heavy (non-hydrogen) atoms. The van der Waals surface area contributed by atoms with Gasteiger partial charge in [0.05, 0.1) is 19.2 Å². The number of hydrogen-bond donors (Lipinski definition) is 1. The van der Waals surface area contributed by atoms with Crippen molar-refractivity contribution >= 4 is 52.1 Å². The van der Waals surface area contributed by atoms with E-state index in [4.69, 9.17) is 28.6 Å². The number of amides is 2. The van der Waals surface area contributed by atoms with E-state index >= 15 is 0 Å². The highest BCUT2D eigenvalue weighted by Crippen LogP contribution is 2.30. The second-order valence-electron chi connectivity index (χ2n) is 7.69. The quantitative estimate of drug-likeness (QED) is 0.464. The van der Waals surface area contributed by atoms with Crippen LogP contribution < -0.4 is 15.0 Å². The van der Waals surface area contributed by atoms with Crippen molar-refractivity contribution in [3.8, 4) is 5.75 Å². The van der Waals surface area contributed by atoms with Crippen molar-refractivity contribution in [2.75, 3.05) is 17.3 Å². The Bertz CT molecular complexity index is 1220. The van der Waals surface area contributed by atoms with Crippen LogP contribution in [-0.2, 0) is 16.1 Å². The molecule has 2 amide bonds. The van der Waals surface area contributed by atoms with Gasteiger partial charge < -0.3 is 15.0 Å². The predicted octanol–water partition coefficient (Wildman–Crippen LogP) is 5.02. The fraction of sp³-hybridized carbons (Fsp3) is 0.160. The van der Waals surface area contributed by atoms with Gasteiger partial charge in [-0.25, -0.2) is 4.39 Å². The third kappa shape index (κ3) is 5.18. The summed E-state index contributed by atoms with van der Waals surface area (Å²) in [6.07, 6.45) is -0.122. The van der Waals surface area contributed by atoms with Crippen molar-refractivity contribution in [2.24, 2.45) is 0 Å². The number of nitrogens with one attached hydrogen (secondary N) is 1. The highest BCUT2D eigenvalue weighted by atomic mass is 35.5. The van der Waals surface area contributed by atoms with E-state index in [1.807, 2.05) is 0 Å². The summed E-state index contributed by atoms with van der Waals surface area (Å²) in [7, 11) is 1.56. The van der Waals surface area contributed by atoms with Crippen LogP contribution in [0.5, 0.6) is 5.75 Å². The number of thiocarbonyl (C=S) groups is 1. The average molecular weight is 498 g/mol.